The number of halogens is 3. The Morgan fingerprint density at radius 1 is 1.19 bits per heavy atom. The molecule has 0 N–H and O–H groups in total. The summed E-state index contributed by atoms with van der Waals surface area (Å²) in [4.78, 5) is 6.23. The largest absolute Gasteiger partial charge is 0.416 e. The molecule has 0 spiro atoms. The van der Waals surface area contributed by atoms with Crippen molar-refractivity contribution in [1.82, 2.24) is 15.0 Å². The van der Waals surface area contributed by atoms with Crippen molar-refractivity contribution in [3.8, 4) is 11.4 Å². The van der Waals surface area contributed by atoms with E-state index in [0.717, 1.165) is 25.2 Å². The Balaban J connectivity index is 2.22. The van der Waals surface area contributed by atoms with Gasteiger partial charge in [0, 0.05) is 5.56 Å². The Labute approximate surface area is 120 Å². The van der Waals surface area contributed by atoms with E-state index >= 15 is 0 Å². The predicted octanol–water partition coefficient (Wildman–Crippen LogP) is 3.60. The number of alkyl halides is 3. The van der Waals surface area contributed by atoms with Crippen LogP contribution in [-0.4, -0.2) is 28.1 Å². The molecule has 0 aliphatic heterocycles. The van der Waals surface area contributed by atoms with Crippen LogP contribution in [0, 0.1) is 0 Å². The molecule has 0 unspecified atom stereocenters. The summed E-state index contributed by atoms with van der Waals surface area (Å²) >= 11 is 0. The van der Waals surface area contributed by atoms with Crippen molar-refractivity contribution in [3.05, 3.63) is 35.7 Å². The summed E-state index contributed by atoms with van der Waals surface area (Å²) in [6.45, 7) is 6.16. The Morgan fingerprint density at radius 3 is 2.52 bits per heavy atom. The Kier molecular flexibility index (Phi) is 4.62. The Bertz CT molecular complexity index is 591. The van der Waals surface area contributed by atoms with Crippen molar-refractivity contribution in [2.24, 2.45) is 0 Å². The summed E-state index contributed by atoms with van der Waals surface area (Å²) in [7, 11) is 0. The van der Waals surface area contributed by atoms with Crippen LogP contribution >= 0.6 is 0 Å². The summed E-state index contributed by atoms with van der Waals surface area (Å²) in [5.41, 5.74) is -0.436. The van der Waals surface area contributed by atoms with Gasteiger partial charge in [0.2, 0.25) is 11.7 Å². The minimum absolute atomic E-state index is 0.170. The maximum absolute atomic E-state index is 12.7. The average Bonchev–Trinajstić information content (AvgIpc) is 2.92. The van der Waals surface area contributed by atoms with E-state index in [4.69, 9.17) is 4.52 Å². The van der Waals surface area contributed by atoms with E-state index in [2.05, 4.69) is 15.0 Å². The van der Waals surface area contributed by atoms with Crippen molar-refractivity contribution < 1.29 is 17.7 Å². The zero-order valence-corrected chi connectivity index (χ0v) is 11.8. The molecule has 4 nitrogen and oxygen atoms in total. The summed E-state index contributed by atoms with van der Waals surface area (Å²) in [6.07, 6.45) is -4.39. The molecule has 0 saturated carbocycles. The lowest BCUT2D eigenvalue weighted by Gasteiger charge is -2.14. The van der Waals surface area contributed by atoms with Gasteiger partial charge in [-0.3, -0.25) is 4.90 Å². The van der Waals surface area contributed by atoms with Gasteiger partial charge in [-0.05, 0) is 25.2 Å². The zero-order valence-electron chi connectivity index (χ0n) is 11.8. The molecule has 0 atom stereocenters. The van der Waals surface area contributed by atoms with Gasteiger partial charge in [0.15, 0.2) is 0 Å². The van der Waals surface area contributed by atoms with Gasteiger partial charge in [0.25, 0.3) is 0 Å². The average molecular weight is 299 g/mol. The van der Waals surface area contributed by atoms with E-state index in [1.165, 1.54) is 12.1 Å². The molecule has 7 heteroatoms. The lowest BCUT2D eigenvalue weighted by molar-refractivity contribution is -0.137. The predicted molar refractivity (Wildman–Crippen MR) is 71.4 cm³/mol. The molecule has 0 aliphatic rings. The third-order valence-electron chi connectivity index (χ3n) is 3.17. The van der Waals surface area contributed by atoms with Gasteiger partial charge >= 0.3 is 6.18 Å². The molecule has 0 aliphatic carbocycles. The fraction of sp³-hybridized carbons (Fsp3) is 0.429. The van der Waals surface area contributed by atoms with Gasteiger partial charge < -0.3 is 4.52 Å². The summed E-state index contributed by atoms with van der Waals surface area (Å²) < 4.78 is 43.1. The third kappa shape index (κ3) is 3.81. The number of aromatic nitrogens is 2. The first-order chi connectivity index (χ1) is 9.94. The summed E-state index contributed by atoms with van der Waals surface area (Å²) in [5, 5.41) is 3.75. The quantitative estimate of drug-likeness (QED) is 0.846. The van der Waals surface area contributed by atoms with Gasteiger partial charge in [0.1, 0.15) is 0 Å². The van der Waals surface area contributed by atoms with Crippen molar-refractivity contribution in [3.63, 3.8) is 0 Å². The highest BCUT2D eigenvalue weighted by molar-refractivity contribution is 5.55. The maximum Gasteiger partial charge on any atom is 0.416 e. The van der Waals surface area contributed by atoms with E-state index in [0.29, 0.717) is 18.0 Å². The van der Waals surface area contributed by atoms with E-state index in [1.54, 1.807) is 0 Å². The molecule has 21 heavy (non-hydrogen) atoms. The molecular weight excluding hydrogens is 283 g/mol. The molecule has 1 aromatic heterocycles. The SMILES string of the molecule is CCN(CC)Cc1nc(-c2cccc(C(F)(F)F)c2)no1. The van der Waals surface area contributed by atoms with Crippen LogP contribution in [-0.2, 0) is 12.7 Å². The molecule has 114 valence electrons. The van der Waals surface area contributed by atoms with Crippen LogP contribution in [0.15, 0.2) is 28.8 Å². The van der Waals surface area contributed by atoms with Gasteiger partial charge in [-0.1, -0.05) is 31.1 Å². The first-order valence-electron chi connectivity index (χ1n) is 6.66. The number of nitrogens with zero attached hydrogens (tertiary/aromatic N) is 3. The molecule has 1 heterocycles. The van der Waals surface area contributed by atoms with Gasteiger partial charge in [-0.25, -0.2) is 0 Å². The van der Waals surface area contributed by atoms with E-state index < -0.39 is 11.7 Å². The number of hydrogen-bond donors (Lipinski definition) is 0. The molecular formula is C14H16F3N3O. The normalized spacial score (nSPS) is 12.1. The van der Waals surface area contributed by atoms with Crippen molar-refractivity contribution in [2.45, 2.75) is 26.6 Å². The topological polar surface area (TPSA) is 42.2 Å². The Hall–Kier alpha value is -1.89. The van der Waals surface area contributed by atoms with Crippen LogP contribution in [0.3, 0.4) is 0 Å². The number of benzene rings is 1. The highest BCUT2D eigenvalue weighted by atomic mass is 19.4. The summed E-state index contributed by atoms with van der Waals surface area (Å²) in [5.74, 6) is 0.564. The molecule has 0 saturated heterocycles. The van der Waals surface area contributed by atoms with E-state index in [-0.39, 0.29) is 5.82 Å². The van der Waals surface area contributed by atoms with Gasteiger partial charge in [-0.15, -0.1) is 0 Å². The van der Waals surface area contributed by atoms with Crippen LogP contribution in [0.5, 0.6) is 0 Å². The summed E-state index contributed by atoms with van der Waals surface area (Å²) in [6, 6.07) is 4.90. The maximum atomic E-state index is 12.7. The van der Waals surface area contributed by atoms with Crippen LogP contribution in [0.2, 0.25) is 0 Å². The fourth-order valence-electron chi connectivity index (χ4n) is 1.91. The monoisotopic (exact) mass is 299 g/mol. The van der Waals surface area contributed by atoms with Crippen molar-refractivity contribution in [1.29, 1.82) is 0 Å². The van der Waals surface area contributed by atoms with E-state index in [9.17, 15) is 13.2 Å². The van der Waals surface area contributed by atoms with Crippen molar-refractivity contribution >= 4 is 0 Å². The zero-order chi connectivity index (χ0) is 15.5. The highest BCUT2D eigenvalue weighted by Gasteiger charge is 2.30. The Morgan fingerprint density at radius 2 is 1.90 bits per heavy atom. The first-order valence-corrected chi connectivity index (χ1v) is 6.66. The van der Waals surface area contributed by atoms with Gasteiger partial charge in [0.05, 0.1) is 12.1 Å². The molecule has 0 bridgehead atoms. The lowest BCUT2D eigenvalue weighted by atomic mass is 10.1. The molecule has 2 rings (SSSR count). The first kappa shape index (κ1) is 15.5. The second kappa shape index (κ2) is 6.26. The molecule has 1 aromatic carbocycles. The molecule has 0 fully saturated rings. The van der Waals surface area contributed by atoms with Crippen molar-refractivity contribution in [2.75, 3.05) is 13.1 Å². The molecule has 2 aromatic rings. The van der Waals surface area contributed by atoms with E-state index in [1.807, 2.05) is 13.8 Å². The van der Waals surface area contributed by atoms with Crippen LogP contribution < -0.4 is 0 Å². The minimum atomic E-state index is -4.39. The molecule has 0 amide bonds. The fourth-order valence-corrected chi connectivity index (χ4v) is 1.91. The second-order valence-electron chi connectivity index (χ2n) is 4.55. The highest BCUT2D eigenvalue weighted by Crippen LogP contribution is 2.31. The van der Waals surface area contributed by atoms with Gasteiger partial charge in [-0.2, -0.15) is 18.2 Å². The van der Waals surface area contributed by atoms with Crippen LogP contribution in [0.1, 0.15) is 25.3 Å². The number of hydrogen-bond acceptors (Lipinski definition) is 4. The van der Waals surface area contributed by atoms with Crippen LogP contribution in [0.4, 0.5) is 13.2 Å². The minimum Gasteiger partial charge on any atom is -0.338 e. The second-order valence-corrected chi connectivity index (χ2v) is 4.55. The lowest BCUT2D eigenvalue weighted by Crippen LogP contribution is -2.22. The third-order valence-corrected chi connectivity index (χ3v) is 3.17. The number of rotatable bonds is 5. The smallest absolute Gasteiger partial charge is 0.338 e. The molecule has 0 radical (unpaired) electrons. The standard InChI is InChI=1S/C14H16F3N3O/c1-3-20(4-2)9-12-18-13(19-21-12)10-6-5-7-11(8-10)14(15,16)17/h5-8H,3-4,9H2,1-2H3. The van der Waals surface area contributed by atoms with Crippen LogP contribution in [0.25, 0.3) is 11.4 Å².